The average molecular weight is 490 g/mol. The van der Waals surface area contributed by atoms with Crippen molar-refractivity contribution in [2.75, 3.05) is 7.11 Å². The summed E-state index contributed by atoms with van der Waals surface area (Å²) in [7, 11) is 1.59. The first-order valence-electron chi connectivity index (χ1n) is 12.4. The fourth-order valence-corrected chi connectivity index (χ4v) is 6.45. The highest BCUT2D eigenvalue weighted by molar-refractivity contribution is 6.06. The molecule has 3 aliphatic heterocycles. The van der Waals surface area contributed by atoms with Gasteiger partial charge in [-0.3, -0.25) is 24.5 Å². The zero-order valence-corrected chi connectivity index (χ0v) is 19.9. The minimum absolute atomic E-state index is 0.125. The zero-order valence-electron chi connectivity index (χ0n) is 19.9. The number of fused-ring (bicyclic) bond motifs is 6. The van der Waals surface area contributed by atoms with Crippen molar-refractivity contribution < 1.29 is 28.7 Å². The molecule has 0 aromatic heterocycles. The van der Waals surface area contributed by atoms with Gasteiger partial charge in [-0.15, -0.1) is 0 Å². The molecule has 1 saturated carbocycles. The first-order chi connectivity index (χ1) is 17.3. The van der Waals surface area contributed by atoms with E-state index in [9.17, 15) is 24.4 Å². The Bertz CT molecular complexity index is 1260. The third-order valence-corrected chi connectivity index (χ3v) is 8.44. The lowest BCUT2D eigenvalue weighted by atomic mass is 9.64. The van der Waals surface area contributed by atoms with Crippen molar-refractivity contribution in [1.82, 2.24) is 10.6 Å². The number of ether oxygens (including phenoxy) is 2. The van der Waals surface area contributed by atoms with Crippen molar-refractivity contribution in [3.8, 4) is 11.8 Å². The van der Waals surface area contributed by atoms with Crippen LogP contribution in [0.1, 0.15) is 43.2 Å². The second-order valence-electron chi connectivity index (χ2n) is 10.7. The van der Waals surface area contributed by atoms with Crippen molar-refractivity contribution in [3.05, 3.63) is 34.9 Å². The predicted molar refractivity (Wildman–Crippen MR) is 125 cm³/mol. The van der Waals surface area contributed by atoms with E-state index in [1.165, 1.54) is 0 Å². The molecule has 2 aliphatic carbocycles. The number of nitriles is 1. The molecule has 9 heteroatoms. The molecule has 0 spiro atoms. The fraction of sp³-hybridized carbons (Fsp3) is 0.519. The number of rotatable bonds is 8. The molecule has 6 rings (SSSR count). The number of carbonyl (C=O) groups excluding carboxylic acids is 4. The molecule has 5 aliphatic rings. The van der Waals surface area contributed by atoms with Crippen LogP contribution in [0, 0.1) is 34.5 Å². The molecule has 1 aromatic rings. The molecule has 3 saturated heterocycles. The van der Waals surface area contributed by atoms with Crippen LogP contribution in [0.2, 0.25) is 0 Å². The number of hydrogen-bond donors (Lipinski definition) is 2. The minimum Gasteiger partial charge on any atom is -0.496 e. The SMILES string of the molecule is COc1cccc2c1C=C(C(=O)N[C@@H](CC1CC1)C(=O)C[C@@]1(C#N)C[C@@H]3O[C@H]1[C@H]1C(=O)NC(=O)[C@H]13)C2. The molecule has 2 bridgehead atoms. The number of Topliss-reactive ketones (excluding diaryl/α,β-unsaturated/α-hetero) is 1. The molecule has 9 nitrogen and oxygen atoms in total. The van der Waals surface area contributed by atoms with Gasteiger partial charge in [-0.05, 0) is 36.5 Å². The number of ketones is 1. The van der Waals surface area contributed by atoms with Gasteiger partial charge in [0.2, 0.25) is 17.7 Å². The number of methoxy groups -OCH3 is 1. The molecule has 0 radical (unpaired) electrons. The Morgan fingerprint density at radius 1 is 1.28 bits per heavy atom. The molecule has 1 aromatic carbocycles. The fourth-order valence-electron chi connectivity index (χ4n) is 6.45. The molecule has 186 valence electrons. The first-order valence-corrected chi connectivity index (χ1v) is 12.4. The van der Waals surface area contributed by atoms with Crippen LogP contribution in [0.4, 0.5) is 0 Å². The summed E-state index contributed by atoms with van der Waals surface area (Å²) in [5.74, 6) is -1.60. The lowest BCUT2D eigenvalue weighted by Crippen LogP contribution is -2.48. The first kappa shape index (κ1) is 22.9. The summed E-state index contributed by atoms with van der Waals surface area (Å²) in [6.45, 7) is 0. The van der Waals surface area contributed by atoms with Crippen molar-refractivity contribution in [1.29, 1.82) is 5.26 Å². The second-order valence-corrected chi connectivity index (χ2v) is 10.7. The van der Waals surface area contributed by atoms with Crippen LogP contribution < -0.4 is 15.4 Å². The monoisotopic (exact) mass is 489 g/mol. The summed E-state index contributed by atoms with van der Waals surface area (Å²) in [5, 5.41) is 15.4. The number of benzene rings is 1. The number of imide groups is 1. The van der Waals surface area contributed by atoms with Crippen LogP contribution in [-0.4, -0.2) is 48.9 Å². The van der Waals surface area contributed by atoms with Crippen LogP contribution >= 0.6 is 0 Å². The van der Waals surface area contributed by atoms with E-state index in [-0.39, 0.29) is 30.4 Å². The summed E-state index contributed by atoms with van der Waals surface area (Å²) in [6, 6.07) is 7.22. The largest absolute Gasteiger partial charge is 0.496 e. The summed E-state index contributed by atoms with van der Waals surface area (Å²) in [6.07, 6.45) is 3.55. The molecule has 4 fully saturated rings. The van der Waals surface area contributed by atoms with Crippen LogP contribution in [0.3, 0.4) is 0 Å². The number of amides is 3. The van der Waals surface area contributed by atoms with E-state index in [2.05, 4.69) is 16.7 Å². The number of nitrogens with zero attached hydrogens (tertiary/aromatic N) is 1. The van der Waals surface area contributed by atoms with Gasteiger partial charge in [-0.25, -0.2) is 0 Å². The summed E-state index contributed by atoms with van der Waals surface area (Å²) in [4.78, 5) is 51.3. The van der Waals surface area contributed by atoms with Gasteiger partial charge >= 0.3 is 0 Å². The lowest BCUT2D eigenvalue weighted by Gasteiger charge is -2.33. The highest BCUT2D eigenvalue weighted by Crippen LogP contribution is 2.56. The smallest absolute Gasteiger partial charge is 0.248 e. The number of hydrogen-bond acceptors (Lipinski definition) is 7. The Morgan fingerprint density at radius 3 is 2.78 bits per heavy atom. The van der Waals surface area contributed by atoms with Gasteiger partial charge in [0.1, 0.15) is 5.75 Å². The van der Waals surface area contributed by atoms with E-state index in [4.69, 9.17) is 9.47 Å². The molecule has 6 atom stereocenters. The van der Waals surface area contributed by atoms with Crippen molar-refractivity contribution >= 4 is 29.6 Å². The van der Waals surface area contributed by atoms with Gasteiger partial charge in [0.05, 0.1) is 48.7 Å². The maximum Gasteiger partial charge on any atom is 0.248 e. The van der Waals surface area contributed by atoms with Crippen molar-refractivity contribution in [2.24, 2.45) is 23.2 Å². The van der Waals surface area contributed by atoms with Crippen LogP contribution in [0.25, 0.3) is 6.08 Å². The molecule has 0 unspecified atom stereocenters. The zero-order chi connectivity index (χ0) is 25.2. The van der Waals surface area contributed by atoms with E-state index in [1.54, 1.807) is 13.2 Å². The predicted octanol–water partition coefficient (Wildman–Crippen LogP) is 1.45. The van der Waals surface area contributed by atoms with Crippen LogP contribution in [-0.2, 0) is 30.3 Å². The Kier molecular flexibility index (Phi) is 5.27. The quantitative estimate of drug-likeness (QED) is 0.528. The molecular weight excluding hydrogens is 462 g/mol. The van der Waals surface area contributed by atoms with Gasteiger partial charge in [0.25, 0.3) is 0 Å². The maximum atomic E-state index is 13.6. The van der Waals surface area contributed by atoms with Gasteiger partial charge < -0.3 is 14.8 Å². The second kappa shape index (κ2) is 8.27. The highest BCUT2D eigenvalue weighted by atomic mass is 16.5. The maximum absolute atomic E-state index is 13.6. The molecule has 3 amide bonds. The Labute approximate surface area is 208 Å². The van der Waals surface area contributed by atoms with Crippen molar-refractivity contribution in [3.63, 3.8) is 0 Å². The van der Waals surface area contributed by atoms with Gasteiger partial charge in [0, 0.05) is 24.0 Å². The van der Waals surface area contributed by atoms with E-state index < -0.39 is 41.4 Å². The van der Waals surface area contributed by atoms with Gasteiger partial charge in [-0.1, -0.05) is 25.0 Å². The third kappa shape index (κ3) is 3.54. The summed E-state index contributed by atoms with van der Waals surface area (Å²) >= 11 is 0. The van der Waals surface area contributed by atoms with Gasteiger partial charge in [0.15, 0.2) is 5.78 Å². The average Bonchev–Trinajstić information content (AvgIpc) is 3.19. The van der Waals surface area contributed by atoms with E-state index in [1.807, 2.05) is 18.2 Å². The summed E-state index contributed by atoms with van der Waals surface area (Å²) in [5.41, 5.74) is 1.24. The molecule has 36 heavy (non-hydrogen) atoms. The minimum atomic E-state index is -1.19. The topological polar surface area (TPSA) is 135 Å². The van der Waals surface area contributed by atoms with E-state index >= 15 is 0 Å². The van der Waals surface area contributed by atoms with Crippen LogP contribution in [0.5, 0.6) is 5.75 Å². The molecular formula is C27H27N3O6. The normalized spacial score (nSPS) is 32.3. The standard InChI is InChI=1S/C27H27N3O6/c1-35-19-4-2-3-14-8-15(9-16(14)19)24(32)29-17(7-13-5-6-13)18(31)10-27(12-28)11-20-21-22(23(27)36-20)26(34)30-25(21)33/h2-4,9,13,17,20-23H,5-8,10-11H2,1H3,(H,29,32)(H,30,33,34)/t17-,20-,21-,22-,23-,27-/m0/s1. The molecule has 2 N–H and O–H groups in total. The Hall–Kier alpha value is -3.51. The number of nitrogens with one attached hydrogen (secondary N) is 2. The number of carbonyl (C=O) groups is 4. The third-order valence-electron chi connectivity index (χ3n) is 8.44. The molecule has 3 heterocycles. The Balaban J connectivity index is 1.19. The van der Waals surface area contributed by atoms with E-state index in [0.29, 0.717) is 30.1 Å². The van der Waals surface area contributed by atoms with E-state index in [0.717, 1.165) is 24.0 Å². The lowest BCUT2D eigenvalue weighted by molar-refractivity contribution is -0.130. The van der Waals surface area contributed by atoms with Crippen LogP contribution in [0.15, 0.2) is 23.8 Å². The highest BCUT2D eigenvalue weighted by Gasteiger charge is 2.69. The summed E-state index contributed by atoms with van der Waals surface area (Å²) < 4.78 is 11.3. The Morgan fingerprint density at radius 2 is 2.06 bits per heavy atom. The van der Waals surface area contributed by atoms with Gasteiger partial charge in [-0.2, -0.15) is 5.26 Å². The van der Waals surface area contributed by atoms with Crippen molar-refractivity contribution in [2.45, 2.75) is 56.8 Å².